The van der Waals surface area contributed by atoms with Gasteiger partial charge < -0.3 is 10.2 Å². The van der Waals surface area contributed by atoms with Crippen LogP contribution in [0.5, 0.6) is 0 Å². The van der Waals surface area contributed by atoms with Gasteiger partial charge in [0, 0.05) is 18.5 Å². The van der Waals surface area contributed by atoms with Gasteiger partial charge in [-0.15, -0.1) is 11.3 Å². The predicted molar refractivity (Wildman–Crippen MR) is 116 cm³/mol. The molecule has 158 valence electrons. The number of thiophene rings is 1. The summed E-state index contributed by atoms with van der Waals surface area (Å²) in [6.45, 7) is 3.84. The molecule has 0 aliphatic carbocycles. The Morgan fingerprint density at radius 3 is 2.50 bits per heavy atom. The molecular formula is C20H22N4O4S2. The van der Waals surface area contributed by atoms with Gasteiger partial charge in [0.2, 0.25) is 5.91 Å². The largest absolute Gasteiger partial charge is 0.340 e. The van der Waals surface area contributed by atoms with Crippen molar-refractivity contribution < 1.29 is 18.0 Å². The molecule has 2 aromatic heterocycles. The molecule has 0 bridgehead atoms. The molecule has 1 N–H and O–H groups in total. The van der Waals surface area contributed by atoms with Gasteiger partial charge in [0.1, 0.15) is 10.9 Å². The number of aryl methyl sites for hydroxylation is 1. The van der Waals surface area contributed by atoms with E-state index in [0.717, 1.165) is 21.6 Å². The van der Waals surface area contributed by atoms with E-state index in [1.807, 2.05) is 41.9 Å². The molecule has 3 aromatic rings. The standard InChI is InChI=1S/C20H22N4O4S2/c1-13-16-12-17(29-20(16)24(22-13)15-6-4-3-5-7-15)18(25)21-14(2)19(26)23-8-10-30(27,28)11-9-23/h3-7,12,14H,8-11H2,1-2H3,(H,21,25). The number of fused-ring (bicyclic) bond motifs is 1. The summed E-state index contributed by atoms with van der Waals surface area (Å²) < 4.78 is 24.9. The molecule has 1 aromatic carbocycles. The summed E-state index contributed by atoms with van der Waals surface area (Å²) in [6, 6.07) is 10.7. The van der Waals surface area contributed by atoms with Gasteiger partial charge in [-0.25, -0.2) is 13.1 Å². The SMILES string of the molecule is Cc1nn(-c2ccccc2)c2sc(C(=O)NC(C)C(=O)N3CCS(=O)(=O)CC3)cc12. The Labute approximate surface area is 178 Å². The molecule has 1 aliphatic heterocycles. The molecule has 1 saturated heterocycles. The number of carbonyl (C=O) groups excluding carboxylic acids is 2. The molecule has 2 amide bonds. The maximum atomic E-state index is 12.8. The third kappa shape index (κ3) is 3.97. The summed E-state index contributed by atoms with van der Waals surface area (Å²) in [6.07, 6.45) is 0. The molecule has 8 nitrogen and oxygen atoms in total. The minimum atomic E-state index is -3.07. The van der Waals surface area contributed by atoms with Crippen LogP contribution in [-0.2, 0) is 14.6 Å². The Balaban J connectivity index is 1.50. The normalized spacial score (nSPS) is 17.1. The first-order valence-corrected chi connectivity index (χ1v) is 12.2. The molecule has 0 spiro atoms. The average molecular weight is 447 g/mol. The summed E-state index contributed by atoms with van der Waals surface area (Å²) in [5.74, 6) is -0.678. The number of para-hydroxylation sites is 1. The summed E-state index contributed by atoms with van der Waals surface area (Å²) in [7, 11) is -3.07. The Bertz CT molecular complexity index is 1200. The maximum absolute atomic E-state index is 12.8. The van der Waals surface area contributed by atoms with E-state index in [1.165, 1.54) is 16.2 Å². The van der Waals surface area contributed by atoms with E-state index >= 15 is 0 Å². The van der Waals surface area contributed by atoms with Crippen LogP contribution < -0.4 is 5.32 Å². The number of hydrogen-bond acceptors (Lipinski definition) is 6. The molecule has 1 aliphatic rings. The van der Waals surface area contributed by atoms with Crippen molar-refractivity contribution in [2.75, 3.05) is 24.6 Å². The van der Waals surface area contributed by atoms with Gasteiger partial charge >= 0.3 is 0 Å². The van der Waals surface area contributed by atoms with E-state index < -0.39 is 15.9 Å². The molecule has 1 unspecified atom stereocenters. The highest BCUT2D eigenvalue weighted by Gasteiger charge is 2.29. The predicted octanol–water partition coefficient (Wildman–Crippen LogP) is 1.77. The van der Waals surface area contributed by atoms with Crippen LogP contribution in [-0.4, -0.2) is 65.5 Å². The minimum absolute atomic E-state index is 0.0367. The molecule has 30 heavy (non-hydrogen) atoms. The molecule has 1 atom stereocenters. The minimum Gasteiger partial charge on any atom is -0.340 e. The first-order chi connectivity index (χ1) is 14.2. The smallest absolute Gasteiger partial charge is 0.262 e. The Kier molecular flexibility index (Phi) is 5.37. The average Bonchev–Trinajstić information content (AvgIpc) is 3.29. The van der Waals surface area contributed by atoms with Gasteiger partial charge in [0.25, 0.3) is 5.91 Å². The van der Waals surface area contributed by atoms with E-state index in [2.05, 4.69) is 10.4 Å². The summed E-state index contributed by atoms with van der Waals surface area (Å²) in [5, 5.41) is 8.21. The summed E-state index contributed by atoms with van der Waals surface area (Å²) >= 11 is 1.32. The van der Waals surface area contributed by atoms with Crippen molar-refractivity contribution in [1.29, 1.82) is 0 Å². The molecule has 0 radical (unpaired) electrons. The topological polar surface area (TPSA) is 101 Å². The number of amides is 2. The summed E-state index contributed by atoms with van der Waals surface area (Å²) in [5.41, 5.74) is 1.73. The zero-order chi connectivity index (χ0) is 21.5. The van der Waals surface area contributed by atoms with Crippen LogP contribution in [0.25, 0.3) is 15.9 Å². The first kappa shape index (κ1) is 20.5. The molecule has 1 fully saturated rings. The van der Waals surface area contributed by atoms with Crippen LogP contribution in [0.15, 0.2) is 36.4 Å². The van der Waals surface area contributed by atoms with Crippen LogP contribution in [0.3, 0.4) is 0 Å². The van der Waals surface area contributed by atoms with Crippen molar-refractivity contribution >= 4 is 43.2 Å². The van der Waals surface area contributed by atoms with E-state index in [4.69, 9.17) is 0 Å². The molecule has 4 rings (SSSR count). The van der Waals surface area contributed by atoms with Gasteiger partial charge in [-0.3, -0.25) is 9.59 Å². The quantitative estimate of drug-likeness (QED) is 0.658. The van der Waals surface area contributed by atoms with Crippen molar-refractivity contribution in [1.82, 2.24) is 20.0 Å². The van der Waals surface area contributed by atoms with E-state index in [-0.39, 0.29) is 36.4 Å². The second-order valence-electron chi connectivity index (χ2n) is 7.33. The number of rotatable bonds is 4. The van der Waals surface area contributed by atoms with Crippen molar-refractivity contribution in [2.45, 2.75) is 19.9 Å². The maximum Gasteiger partial charge on any atom is 0.262 e. The van der Waals surface area contributed by atoms with Crippen molar-refractivity contribution in [3.8, 4) is 5.69 Å². The van der Waals surface area contributed by atoms with Gasteiger partial charge in [-0.05, 0) is 32.0 Å². The lowest BCUT2D eigenvalue weighted by Crippen LogP contribution is -2.51. The Morgan fingerprint density at radius 2 is 1.83 bits per heavy atom. The van der Waals surface area contributed by atoms with Gasteiger partial charge in [0.05, 0.1) is 27.8 Å². The van der Waals surface area contributed by atoms with E-state index in [1.54, 1.807) is 13.0 Å². The fourth-order valence-corrected chi connectivity index (χ4v) is 5.73. The first-order valence-electron chi connectivity index (χ1n) is 9.60. The second kappa shape index (κ2) is 7.84. The van der Waals surface area contributed by atoms with Crippen LogP contribution >= 0.6 is 11.3 Å². The fourth-order valence-electron chi connectivity index (χ4n) is 3.44. The molecular weight excluding hydrogens is 424 g/mol. The molecule has 3 heterocycles. The monoisotopic (exact) mass is 446 g/mol. The number of sulfone groups is 1. The van der Waals surface area contributed by atoms with Crippen molar-refractivity contribution in [3.05, 3.63) is 47.0 Å². The number of carbonyl (C=O) groups is 2. The van der Waals surface area contributed by atoms with Crippen LogP contribution in [0.4, 0.5) is 0 Å². The van der Waals surface area contributed by atoms with E-state index in [9.17, 15) is 18.0 Å². The highest BCUT2D eigenvalue weighted by molar-refractivity contribution is 7.91. The third-order valence-electron chi connectivity index (χ3n) is 5.14. The lowest BCUT2D eigenvalue weighted by Gasteiger charge is -2.29. The van der Waals surface area contributed by atoms with Crippen LogP contribution in [0.1, 0.15) is 22.3 Å². The number of aromatic nitrogens is 2. The highest BCUT2D eigenvalue weighted by Crippen LogP contribution is 2.30. The zero-order valence-corrected chi connectivity index (χ0v) is 18.3. The number of benzene rings is 1. The number of hydrogen-bond donors (Lipinski definition) is 1. The zero-order valence-electron chi connectivity index (χ0n) is 16.7. The van der Waals surface area contributed by atoms with Crippen LogP contribution in [0.2, 0.25) is 0 Å². The second-order valence-corrected chi connectivity index (χ2v) is 10.7. The van der Waals surface area contributed by atoms with Crippen LogP contribution in [0, 0.1) is 6.92 Å². The number of nitrogens with one attached hydrogen (secondary N) is 1. The Morgan fingerprint density at radius 1 is 1.17 bits per heavy atom. The Hall–Kier alpha value is -2.72. The lowest BCUT2D eigenvalue weighted by atomic mass is 10.2. The third-order valence-corrected chi connectivity index (χ3v) is 7.86. The molecule has 0 saturated carbocycles. The summed E-state index contributed by atoms with van der Waals surface area (Å²) in [4.78, 5) is 28.2. The van der Waals surface area contributed by atoms with Gasteiger partial charge in [0.15, 0.2) is 9.84 Å². The van der Waals surface area contributed by atoms with Crippen molar-refractivity contribution in [3.63, 3.8) is 0 Å². The molecule has 10 heteroatoms. The van der Waals surface area contributed by atoms with Crippen molar-refractivity contribution in [2.24, 2.45) is 0 Å². The van der Waals surface area contributed by atoms with Gasteiger partial charge in [-0.1, -0.05) is 18.2 Å². The lowest BCUT2D eigenvalue weighted by molar-refractivity contribution is -0.132. The van der Waals surface area contributed by atoms with Gasteiger partial charge in [-0.2, -0.15) is 5.10 Å². The number of nitrogens with zero attached hydrogens (tertiary/aromatic N) is 3. The fraction of sp³-hybridized carbons (Fsp3) is 0.350. The highest BCUT2D eigenvalue weighted by atomic mass is 32.2. The van der Waals surface area contributed by atoms with E-state index in [0.29, 0.717) is 4.88 Å².